The molecule has 1 amide bonds. The number of carbonyl (C=O) groups is 1. The molecule has 0 bridgehead atoms. The van der Waals surface area contributed by atoms with Gasteiger partial charge in [0.25, 0.3) is 11.6 Å². The summed E-state index contributed by atoms with van der Waals surface area (Å²) >= 11 is 7.10. The first kappa shape index (κ1) is 18.0. The summed E-state index contributed by atoms with van der Waals surface area (Å²) in [5.74, 6) is -0.599. The lowest BCUT2D eigenvalue weighted by Gasteiger charge is -2.03. The van der Waals surface area contributed by atoms with E-state index in [1.54, 1.807) is 0 Å². The number of thiazole rings is 1. The van der Waals surface area contributed by atoms with Crippen molar-refractivity contribution in [1.29, 1.82) is 0 Å². The van der Waals surface area contributed by atoms with Gasteiger partial charge in [-0.25, -0.2) is 4.98 Å². The highest BCUT2D eigenvalue weighted by molar-refractivity contribution is 7.16. The van der Waals surface area contributed by atoms with Gasteiger partial charge in [0.2, 0.25) is 0 Å². The average Bonchev–Trinajstić information content (AvgIpc) is 2.95. The molecule has 2 aromatic carbocycles. The first-order valence-corrected chi connectivity index (χ1v) is 8.84. The highest BCUT2D eigenvalue weighted by Gasteiger charge is 2.22. The summed E-state index contributed by atoms with van der Waals surface area (Å²) < 4.78 is 0. The summed E-state index contributed by atoms with van der Waals surface area (Å²) in [4.78, 5) is 28.4. The predicted octanol–water partition coefficient (Wildman–Crippen LogP) is 5.24. The third-order valence-corrected chi connectivity index (χ3v) is 4.86. The molecule has 0 aliphatic carbocycles. The second kappa shape index (κ2) is 7.23. The van der Waals surface area contributed by atoms with E-state index in [1.165, 1.54) is 23.5 Å². The van der Waals surface area contributed by atoms with Gasteiger partial charge in [-0.05, 0) is 26.0 Å². The first-order valence-electron chi connectivity index (χ1n) is 7.65. The monoisotopic (exact) mass is 387 g/mol. The number of rotatable bonds is 4. The summed E-state index contributed by atoms with van der Waals surface area (Å²) in [6.45, 7) is 3.91. The van der Waals surface area contributed by atoms with Crippen molar-refractivity contribution >= 4 is 39.7 Å². The number of nitro benzene ring substituents is 1. The van der Waals surface area contributed by atoms with Gasteiger partial charge in [0.15, 0.2) is 5.13 Å². The first-order chi connectivity index (χ1) is 12.3. The van der Waals surface area contributed by atoms with E-state index in [9.17, 15) is 14.9 Å². The molecule has 8 heteroatoms. The number of aromatic nitrogens is 1. The zero-order valence-electron chi connectivity index (χ0n) is 13.9. The van der Waals surface area contributed by atoms with Gasteiger partial charge in [0.1, 0.15) is 5.56 Å². The van der Waals surface area contributed by atoms with Gasteiger partial charge >= 0.3 is 0 Å². The Hall–Kier alpha value is -2.77. The second-order valence-electron chi connectivity index (χ2n) is 5.66. The van der Waals surface area contributed by atoms with E-state index in [2.05, 4.69) is 10.3 Å². The van der Waals surface area contributed by atoms with E-state index >= 15 is 0 Å². The van der Waals surface area contributed by atoms with Crippen LogP contribution in [0.5, 0.6) is 0 Å². The molecule has 0 fully saturated rings. The fourth-order valence-corrected chi connectivity index (χ4v) is 3.44. The summed E-state index contributed by atoms with van der Waals surface area (Å²) in [6.07, 6.45) is 0. The Kier molecular flexibility index (Phi) is 5.01. The third kappa shape index (κ3) is 3.74. The molecule has 0 aliphatic rings. The smallest absolute Gasteiger partial charge is 0.283 e. The summed E-state index contributed by atoms with van der Waals surface area (Å²) in [5, 5.41) is 14.4. The van der Waals surface area contributed by atoms with E-state index in [-0.39, 0.29) is 16.3 Å². The summed E-state index contributed by atoms with van der Waals surface area (Å²) in [7, 11) is 0. The van der Waals surface area contributed by atoms with E-state index in [0.717, 1.165) is 27.8 Å². The van der Waals surface area contributed by atoms with Gasteiger partial charge < -0.3 is 0 Å². The molecule has 1 N–H and O–H groups in total. The van der Waals surface area contributed by atoms with Crippen LogP contribution in [0.1, 0.15) is 20.8 Å². The van der Waals surface area contributed by atoms with Crippen molar-refractivity contribution in [1.82, 2.24) is 4.98 Å². The SMILES string of the molecule is Cc1ccc(-c2nc(NC(=O)c3ccc(Cl)cc3[N+](=O)[O-])sc2C)cc1. The molecule has 3 rings (SSSR count). The summed E-state index contributed by atoms with van der Waals surface area (Å²) in [6, 6.07) is 11.8. The Morgan fingerprint density at radius 2 is 1.88 bits per heavy atom. The maximum Gasteiger partial charge on any atom is 0.283 e. The molecular formula is C18H14ClN3O3S. The maximum absolute atomic E-state index is 12.5. The molecule has 26 heavy (non-hydrogen) atoms. The highest BCUT2D eigenvalue weighted by Crippen LogP contribution is 2.31. The van der Waals surface area contributed by atoms with Crippen molar-refractivity contribution in [3.8, 4) is 11.3 Å². The Labute approximate surface area is 158 Å². The molecule has 6 nitrogen and oxygen atoms in total. The highest BCUT2D eigenvalue weighted by atomic mass is 35.5. The van der Waals surface area contributed by atoms with Crippen LogP contribution < -0.4 is 5.32 Å². The number of nitro groups is 1. The molecule has 0 saturated heterocycles. The number of aryl methyl sites for hydroxylation is 2. The van der Waals surface area contributed by atoms with Gasteiger partial charge in [-0.3, -0.25) is 20.2 Å². The van der Waals surface area contributed by atoms with Crippen LogP contribution in [0.3, 0.4) is 0 Å². The Balaban J connectivity index is 1.88. The van der Waals surface area contributed by atoms with Crippen LogP contribution >= 0.6 is 22.9 Å². The van der Waals surface area contributed by atoms with Crippen LogP contribution in [-0.2, 0) is 0 Å². The molecule has 132 valence electrons. The lowest BCUT2D eigenvalue weighted by molar-refractivity contribution is -0.385. The number of nitrogens with one attached hydrogen (secondary N) is 1. The predicted molar refractivity (Wildman–Crippen MR) is 103 cm³/mol. The largest absolute Gasteiger partial charge is 0.298 e. The van der Waals surface area contributed by atoms with Gasteiger partial charge in [-0.1, -0.05) is 41.4 Å². The topological polar surface area (TPSA) is 85.1 Å². The normalized spacial score (nSPS) is 10.6. The van der Waals surface area contributed by atoms with E-state index in [4.69, 9.17) is 11.6 Å². The van der Waals surface area contributed by atoms with Crippen LogP contribution in [-0.4, -0.2) is 15.8 Å². The molecule has 0 radical (unpaired) electrons. The van der Waals surface area contributed by atoms with Crippen molar-refractivity contribution in [3.63, 3.8) is 0 Å². The molecule has 0 saturated carbocycles. The minimum absolute atomic E-state index is 0.0656. The van der Waals surface area contributed by atoms with Crippen molar-refractivity contribution in [2.75, 3.05) is 5.32 Å². The van der Waals surface area contributed by atoms with Gasteiger partial charge in [-0.15, -0.1) is 11.3 Å². The second-order valence-corrected chi connectivity index (χ2v) is 7.30. The molecule has 0 aliphatic heterocycles. The van der Waals surface area contributed by atoms with Gasteiger partial charge in [0, 0.05) is 21.5 Å². The quantitative estimate of drug-likeness (QED) is 0.490. The van der Waals surface area contributed by atoms with Crippen LogP contribution in [0.4, 0.5) is 10.8 Å². The molecule has 1 heterocycles. The number of amides is 1. The minimum Gasteiger partial charge on any atom is -0.298 e. The fourth-order valence-electron chi connectivity index (χ4n) is 2.44. The zero-order valence-corrected chi connectivity index (χ0v) is 15.5. The molecule has 0 spiro atoms. The van der Waals surface area contributed by atoms with Crippen molar-refractivity contribution in [2.24, 2.45) is 0 Å². The molecule has 1 aromatic heterocycles. The molecule has 0 unspecified atom stereocenters. The van der Waals surface area contributed by atoms with Crippen molar-refractivity contribution < 1.29 is 9.72 Å². The Morgan fingerprint density at radius 1 is 1.19 bits per heavy atom. The van der Waals surface area contributed by atoms with Crippen LogP contribution in [0.15, 0.2) is 42.5 Å². The Bertz CT molecular complexity index is 999. The average molecular weight is 388 g/mol. The lowest BCUT2D eigenvalue weighted by Crippen LogP contribution is -2.13. The number of anilines is 1. The number of carbonyl (C=O) groups excluding carboxylic acids is 1. The van der Waals surface area contributed by atoms with Gasteiger partial charge in [-0.2, -0.15) is 0 Å². The lowest BCUT2D eigenvalue weighted by atomic mass is 10.1. The zero-order chi connectivity index (χ0) is 18.8. The fraction of sp³-hybridized carbons (Fsp3) is 0.111. The molecular weight excluding hydrogens is 374 g/mol. The number of benzene rings is 2. The molecule has 3 aromatic rings. The standard InChI is InChI=1S/C18H14ClN3O3S/c1-10-3-5-12(6-4-10)16-11(2)26-18(20-16)21-17(23)14-8-7-13(19)9-15(14)22(24)25/h3-9H,1-2H3,(H,20,21,23). The maximum atomic E-state index is 12.5. The number of hydrogen-bond acceptors (Lipinski definition) is 5. The van der Waals surface area contributed by atoms with E-state index in [0.29, 0.717) is 5.13 Å². The number of halogens is 1. The van der Waals surface area contributed by atoms with Crippen LogP contribution in [0.25, 0.3) is 11.3 Å². The van der Waals surface area contributed by atoms with Crippen molar-refractivity contribution in [2.45, 2.75) is 13.8 Å². The Morgan fingerprint density at radius 3 is 2.54 bits per heavy atom. The third-order valence-electron chi connectivity index (χ3n) is 3.74. The van der Waals surface area contributed by atoms with E-state index in [1.807, 2.05) is 38.1 Å². The van der Waals surface area contributed by atoms with Gasteiger partial charge in [0.05, 0.1) is 10.6 Å². The molecule has 0 atom stereocenters. The summed E-state index contributed by atoms with van der Waals surface area (Å²) in [5.41, 5.74) is 2.45. The van der Waals surface area contributed by atoms with Crippen LogP contribution in [0, 0.1) is 24.0 Å². The van der Waals surface area contributed by atoms with Crippen LogP contribution in [0.2, 0.25) is 5.02 Å². The minimum atomic E-state index is -0.633. The van der Waals surface area contributed by atoms with E-state index < -0.39 is 10.8 Å². The number of nitrogens with zero attached hydrogens (tertiary/aromatic N) is 2. The van der Waals surface area contributed by atoms with Crippen molar-refractivity contribution in [3.05, 3.63) is 73.6 Å². The number of hydrogen-bond donors (Lipinski definition) is 1.